The van der Waals surface area contributed by atoms with Gasteiger partial charge in [-0.3, -0.25) is 4.98 Å². The summed E-state index contributed by atoms with van der Waals surface area (Å²) >= 11 is 0. The molecule has 2 aromatic rings. The maximum Gasteiger partial charge on any atom is 0.225 e. The molecule has 7 heteroatoms. The largest absolute Gasteiger partial charge is 0.353 e. The molecule has 1 aliphatic heterocycles. The predicted molar refractivity (Wildman–Crippen MR) is 74.2 cm³/mol. The fourth-order valence-electron chi connectivity index (χ4n) is 2.04. The Morgan fingerprint density at radius 1 is 1.38 bits per heavy atom. The summed E-state index contributed by atoms with van der Waals surface area (Å²) in [4.78, 5) is 14.2. The molecule has 1 aliphatic rings. The van der Waals surface area contributed by atoms with E-state index in [1.807, 2.05) is 7.05 Å². The molecule has 0 radical (unpaired) electrons. The van der Waals surface area contributed by atoms with Crippen molar-refractivity contribution in [1.82, 2.24) is 15.0 Å². The summed E-state index contributed by atoms with van der Waals surface area (Å²) in [5.74, 6) is -0.0781. The van der Waals surface area contributed by atoms with Crippen molar-refractivity contribution in [3.8, 4) is 11.4 Å². The topological polar surface area (TPSA) is 63.7 Å². The number of halogens is 1. The van der Waals surface area contributed by atoms with Gasteiger partial charge in [0.2, 0.25) is 5.95 Å². The summed E-state index contributed by atoms with van der Waals surface area (Å²) in [5.41, 5.74) is 0.664. The van der Waals surface area contributed by atoms with Crippen LogP contribution in [-0.4, -0.2) is 48.0 Å². The summed E-state index contributed by atoms with van der Waals surface area (Å²) in [7, 11) is 3.42. The highest BCUT2D eigenvalue weighted by molar-refractivity contribution is 5.56. The Hall–Kier alpha value is -2.12. The molecule has 3 heterocycles. The molecule has 1 fully saturated rings. The Morgan fingerprint density at radius 3 is 2.90 bits per heavy atom. The molecule has 21 heavy (non-hydrogen) atoms. The van der Waals surface area contributed by atoms with Gasteiger partial charge >= 0.3 is 0 Å². The van der Waals surface area contributed by atoms with E-state index in [2.05, 4.69) is 15.0 Å². The van der Waals surface area contributed by atoms with E-state index in [0.29, 0.717) is 18.2 Å². The summed E-state index contributed by atoms with van der Waals surface area (Å²) in [6.45, 7) is 0.575. The first-order valence-electron chi connectivity index (χ1n) is 6.52. The lowest BCUT2D eigenvalue weighted by molar-refractivity contribution is 0.0950. The molecule has 0 bridgehead atoms. The van der Waals surface area contributed by atoms with Crippen molar-refractivity contribution in [3.05, 3.63) is 36.4 Å². The number of pyridine rings is 1. The summed E-state index contributed by atoms with van der Waals surface area (Å²) in [5, 5.41) is 0. The van der Waals surface area contributed by atoms with Crippen molar-refractivity contribution in [2.45, 2.75) is 12.4 Å². The molecule has 2 aromatic heterocycles. The lowest BCUT2D eigenvalue weighted by atomic mass is 10.2. The first-order chi connectivity index (χ1) is 10.2. The van der Waals surface area contributed by atoms with E-state index in [1.54, 1.807) is 36.4 Å². The van der Waals surface area contributed by atoms with Crippen molar-refractivity contribution in [2.24, 2.45) is 0 Å². The van der Waals surface area contributed by atoms with Crippen molar-refractivity contribution < 1.29 is 13.9 Å². The summed E-state index contributed by atoms with van der Waals surface area (Å²) in [6.07, 6.45) is 2.57. The minimum Gasteiger partial charge on any atom is -0.353 e. The molecule has 6 nitrogen and oxygen atoms in total. The minimum absolute atomic E-state index is 0.00745. The third-order valence-corrected chi connectivity index (χ3v) is 3.20. The van der Waals surface area contributed by atoms with E-state index in [1.165, 1.54) is 0 Å². The fraction of sp³-hybridized carbons (Fsp3) is 0.357. The van der Waals surface area contributed by atoms with E-state index in [4.69, 9.17) is 9.47 Å². The van der Waals surface area contributed by atoms with Gasteiger partial charge < -0.3 is 14.4 Å². The lowest BCUT2D eigenvalue weighted by Gasteiger charge is -2.16. The maximum absolute atomic E-state index is 13.9. The van der Waals surface area contributed by atoms with Gasteiger partial charge in [0.25, 0.3) is 0 Å². The number of hydrogen-bond donors (Lipinski definition) is 0. The van der Waals surface area contributed by atoms with Gasteiger partial charge in [-0.1, -0.05) is 6.07 Å². The Bertz CT molecular complexity index is 626. The molecule has 0 aliphatic carbocycles. The highest BCUT2D eigenvalue weighted by atomic mass is 19.1. The SMILES string of the molecule is COC1OC1CN(C)c1ncc(F)c(-c2ccccn2)n1. The first-order valence-corrected chi connectivity index (χ1v) is 6.52. The number of anilines is 1. The molecule has 2 unspecified atom stereocenters. The maximum atomic E-state index is 13.9. The molecule has 2 atom stereocenters. The minimum atomic E-state index is -0.497. The standard InChI is InChI=1S/C14H15FN4O2/c1-19(8-11-13(20-2)21-11)14-17-7-9(15)12(18-14)10-5-3-4-6-16-10/h3-7,11,13H,8H2,1-2H3. The van der Waals surface area contributed by atoms with Gasteiger partial charge in [0.1, 0.15) is 11.8 Å². The number of nitrogens with zero attached hydrogens (tertiary/aromatic N) is 4. The Balaban J connectivity index is 1.81. The van der Waals surface area contributed by atoms with Gasteiger partial charge in [-0.15, -0.1) is 0 Å². The second kappa shape index (κ2) is 5.71. The fourth-order valence-corrected chi connectivity index (χ4v) is 2.04. The summed E-state index contributed by atoms with van der Waals surface area (Å²) in [6, 6.07) is 5.26. The molecule has 0 N–H and O–H groups in total. The van der Waals surface area contributed by atoms with Crippen LogP contribution in [0.3, 0.4) is 0 Å². The van der Waals surface area contributed by atoms with Crippen molar-refractivity contribution in [1.29, 1.82) is 0 Å². The van der Waals surface area contributed by atoms with Gasteiger partial charge in [-0.25, -0.2) is 14.4 Å². The quantitative estimate of drug-likeness (QED) is 0.777. The smallest absolute Gasteiger partial charge is 0.225 e. The first kappa shape index (κ1) is 13.8. The van der Waals surface area contributed by atoms with Gasteiger partial charge in [-0.05, 0) is 12.1 Å². The van der Waals surface area contributed by atoms with Crippen LogP contribution in [0.1, 0.15) is 0 Å². The van der Waals surface area contributed by atoms with Crippen LogP contribution in [0.5, 0.6) is 0 Å². The van der Waals surface area contributed by atoms with Crippen molar-refractivity contribution in [2.75, 3.05) is 25.6 Å². The van der Waals surface area contributed by atoms with Crippen LogP contribution in [0.15, 0.2) is 30.6 Å². The molecule has 0 saturated carbocycles. The van der Waals surface area contributed by atoms with Gasteiger partial charge in [-0.2, -0.15) is 0 Å². The molecular weight excluding hydrogens is 275 g/mol. The van der Waals surface area contributed by atoms with Gasteiger partial charge in [0, 0.05) is 20.4 Å². The molecule has 0 aromatic carbocycles. The zero-order chi connectivity index (χ0) is 14.8. The number of likely N-dealkylation sites (N-methyl/N-ethyl adjacent to an activating group) is 1. The molecular formula is C14H15FN4O2. The molecule has 3 rings (SSSR count). The summed E-state index contributed by atoms with van der Waals surface area (Å²) < 4.78 is 24.2. The zero-order valence-electron chi connectivity index (χ0n) is 11.7. The van der Waals surface area contributed by atoms with Crippen LogP contribution < -0.4 is 4.90 Å². The zero-order valence-corrected chi connectivity index (χ0v) is 11.7. The molecule has 0 spiro atoms. The number of rotatable bonds is 5. The number of aromatic nitrogens is 3. The monoisotopic (exact) mass is 290 g/mol. The van der Waals surface area contributed by atoms with Gasteiger partial charge in [0.05, 0.1) is 18.4 Å². The Labute approximate surface area is 121 Å². The Kier molecular flexibility index (Phi) is 3.76. The highest BCUT2D eigenvalue weighted by Crippen LogP contribution is 2.25. The van der Waals surface area contributed by atoms with Crippen LogP contribution in [0.4, 0.5) is 10.3 Å². The number of epoxide rings is 1. The van der Waals surface area contributed by atoms with Crippen molar-refractivity contribution >= 4 is 5.95 Å². The average Bonchev–Trinajstić information content (AvgIpc) is 3.26. The van der Waals surface area contributed by atoms with Crippen LogP contribution in [-0.2, 0) is 9.47 Å². The van der Waals surface area contributed by atoms with E-state index in [0.717, 1.165) is 6.20 Å². The van der Waals surface area contributed by atoms with Gasteiger partial charge in [0.15, 0.2) is 12.1 Å². The molecule has 0 amide bonds. The third kappa shape index (κ3) is 2.98. The lowest BCUT2D eigenvalue weighted by Crippen LogP contribution is -2.26. The molecule has 1 saturated heterocycles. The third-order valence-electron chi connectivity index (χ3n) is 3.20. The highest BCUT2D eigenvalue weighted by Gasteiger charge is 2.40. The molecule has 110 valence electrons. The predicted octanol–water partition coefficient (Wildman–Crippen LogP) is 1.49. The van der Waals surface area contributed by atoms with E-state index < -0.39 is 5.82 Å². The second-order valence-electron chi connectivity index (χ2n) is 4.74. The van der Waals surface area contributed by atoms with Crippen LogP contribution >= 0.6 is 0 Å². The van der Waals surface area contributed by atoms with Crippen LogP contribution in [0.25, 0.3) is 11.4 Å². The number of methoxy groups -OCH3 is 1. The Morgan fingerprint density at radius 2 is 2.24 bits per heavy atom. The van der Waals surface area contributed by atoms with Crippen LogP contribution in [0.2, 0.25) is 0 Å². The van der Waals surface area contributed by atoms with E-state index in [9.17, 15) is 4.39 Å². The van der Waals surface area contributed by atoms with E-state index >= 15 is 0 Å². The van der Waals surface area contributed by atoms with E-state index in [-0.39, 0.29) is 18.1 Å². The number of ether oxygens (including phenoxy) is 2. The average molecular weight is 290 g/mol. The van der Waals surface area contributed by atoms with Crippen molar-refractivity contribution in [3.63, 3.8) is 0 Å². The second-order valence-corrected chi connectivity index (χ2v) is 4.74. The van der Waals surface area contributed by atoms with Crippen LogP contribution in [0, 0.1) is 5.82 Å². The normalized spacial score (nSPS) is 20.3. The number of hydrogen-bond acceptors (Lipinski definition) is 6.